The van der Waals surface area contributed by atoms with Crippen LogP contribution in [0.5, 0.6) is 0 Å². The smallest absolute Gasteiger partial charge is 0.457 e. The molecule has 0 aromatic rings. The molecule has 0 radical (unpaired) electrons. The van der Waals surface area contributed by atoms with Crippen molar-refractivity contribution < 1.29 is 37.3 Å². The summed E-state index contributed by atoms with van der Waals surface area (Å²) in [6, 6.07) is 0. The van der Waals surface area contributed by atoms with Crippen molar-refractivity contribution in [2.75, 3.05) is 54.1 Å². The van der Waals surface area contributed by atoms with E-state index in [1.54, 1.807) is 0 Å². The Morgan fingerprint density at radius 2 is 0.965 bits per heavy atom. The number of carbonyl (C=O) groups is 1. The highest BCUT2D eigenvalue weighted by molar-refractivity contribution is 7.47. The average Bonchev–Trinajstić information content (AvgIpc) is 3.16. The predicted molar refractivity (Wildman–Crippen MR) is 242 cm³/mol. The number of hydrogen-bond donors (Lipinski definition) is 1. The predicted octanol–water partition coefficient (Wildman–Crippen LogP) is 13.3. The van der Waals surface area contributed by atoms with E-state index < -0.39 is 13.9 Å². The molecule has 0 spiro atoms. The lowest BCUT2D eigenvalue weighted by Crippen LogP contribution is -2.37. The van der Waals surface area contributed by atoms with Crippen LogP contribution in [0.25, 0.3) is 0 Å². The molecule has 0 saturated carbocycles. The van der Waals surface area contributed by atoms with Gasteiger partial charge in [0.2, 0.25) is 0 Å². The molecule has 0 aromatic carbocycles. The van der Waals surface area contributed by atoms with Crippen LogP contribution >= 0.6 is 7.82 Å². The topological polar surface area (TPSA) is 91.3 Å². The number of phosphoric ester groups is 1. The van der Waals surface area contributed by atoms with Gasteiger partial charge in [0.1, 0.15) is 19.3 Å². The van der Waals surface area contributed by atoms with Gasteiger partial charge < -0.3 is 18.9 Å². The number of unbranched alkanes of at least 4 members (excludes halogenated alkanes) is 12. The highest BCUT2D eigenvalue weighted by Crippen LogP contribution is 2.43. The second-order valence-electron chi connectivity index (χ2n) is 15.7. The Hall–Kier alpha value is -2.32. The van der Waals surface area contributed by atoms with Gasteiger partial charge in [-0.3, -0.25) is 13.8 Å². The van der Waals surface area contributed by atoms with Crippen LogP contribution < -0.4 is 0 Å². The number of quaternary nitrogens is 1. The summed E-state index contributed by atoms with van der Waals surface area (Å²) in [4.78, 5) is 22.9. The number of likely N-dealkylation sites (N-methyl/N-ethyl adjacent to an activating group) is 1. The molecule has 0 aliphatic rings. The van der Waals surface area contributed by atoms with Gasteiger partial charge in [0.05, 0.1) is 34.4 Å². The molecular formula is C48H85NO7P+. The summed E-state index contributed by atoms with van der Waals surface area (Å²) in [5.41, 5.74) is 0. The van der Waals surface area contributed by atoms with Crippen LogP contribution in [0.2, 0.25) is 0 Å². The Kier molecular flexibility index (Phi) is 38.8. The van der Waals surface area contributed by atoms with E-state index in [0.717, 1.165) is 103 Å². The third kappa shape index (κ3) is 44.6. The minimum absolute atomic E-state index is 0.0774. The third-order valence-corrected chi connectivity index (χ3v) is 9.94. The van der Waals surface area contributed by atoms with Gasteiger partial charge in [0.25, 0.3) is 0 Å². The van der Waals surface area contributed by atoms with Crippen molar-refractivity contribution in [1.29, 1.82) is 0 Å². The monoisotopic (exact) mass is 819 g/mol. The number of allylic oxidation sites excluding steroid dienone is 14. The average molecular weight is 819 g/mol. The van der Waals surface area contributed by atoms with Gasteiger partial charge in [-0.15, -0.1) is 0 Å². The van der Waals surface area contributed by atoms with E-state index in [2.05, 4.69) is 98.9 Å². The van der Waals surface area contributed by atoms with Crippen LogP contribution in [0.1, 0.15) is 155 Å². The molecule has 0 bridgehead atoms. The molecule has 0 rings (SSSR count). The minimum Gasteiger partial charge on any atom is -0.457 e. The van der Waals surface area contributed by atoms with Gasteiger partial charge in [-0.1, -0.05) is 150 Å². The van der Waals surface area contributed by atoms with Crippen molar-refractivity contribution >= 4 is 13.8 Å². The Bertz CT molecular complexity index is 1180. The maximum Gasteiger partial charge on any atom is 0.472 e. The summed E-state index contributed by atoms with van der Waals surface area (Å²) in [6.45, 7) is 5.31. The molecule has 328 valence electrons. The molecule has 57 heavy (non-hydrogen) atoms. The van der Waals surface area contributed by atoms with Crippen LogP contribution in [0, 0.1) is 0 Å². The quantitative estimate of drug-likeness (QED) is 0.0216. The number of esters is 1. The van der Waals surface area contributed by atoms with E-state index in [9.17, 15) is 14.3 Å². The highest BCUT2D eigenvalue weighted by atomic mass is 31.2. The van der Waals surface area contributed by atoms with E-state index in [1.807, 2.05) is 21.1 Å². The zero-order chi connectivity index (χ0) is 42.0. The van der Waals surface area contributed by atoms with Gasteiger partial charge >= 0.3 is 13.8 Å². The molecule has 0 amide bonds. The lowest BCUT2D eigenvalue weighted by atomic mass is 10.1. The first-order valence-corrected chi connectivity index (χ1v) is 23.8. The second kappa shape index (κ2) is 40.5. The number of nitrogens with zero attached hydrogens (tertiary/aromatic N) is 1. The van der Waals surface area contributed by atoms with E-state index >= 15 is 0 Å². The standard InChI is InChI=1S/C48H84NO7P/c1-6-8-10-12-14-16-18-20-22-23-24-25-26-27-28-29-31-33-35-37-39-41-48(50)56-47(46-55-57(51,52)54-44-42-49(3,4)5)45-53-43-40-38-36-34-32-30-21-19-17-15-13-11-9-7-2/h8-11,14-17,20-22,24-25,30,47H,6-7,12-13,18-19,23,26-29,31-46H2,1-5H3/p+1/b10-8-,11-9-,16-14-,17-15-,22-20-,25-24-,30-21-. The Morgan fingerprint density at radius 3 is 1.44 bits per heavy atom. The minimum atomic E-state index is -4.29. The van der Waals surface area contributed by atoms with Crippen LogP contribution in [-0.2, 0) is 27.9 Å². The second-order valence-corrected chi connectivity index (χ2v) is 17.1. The van der Waals surface area contributed by atoms with Crippen molar-refractivity contribution in [1.82, 2.24) is 0 Å². The van der Waals surface area contributed by atoms with Crippen molar-refractivity contribution in [2.45, 2.75) is 161 Å². The van der Waals surface area contributed by atoms with Gasteiger partial charge in [-0.2, -0.15) is 0 Å². The molecule has 0 fully saturated rings. The molecule has 2 atom stereocenters. The van der Waals surface area contributed by atoms with Crippen LogP contribution in [0.4, 0.5) is 0 Å². The lowest BCUT2D eigenvalue weighted by molar-refractivity contribution is -0.870. The number of phosphoric acid groups is 1. The summed E-state index contributed by atoms with van der Waals surface area (Å²) in [6.07, 6.45) is 53.3. The molecular weight excluding hydrogens is 734 g/mol. The molecule has 0 aliphatic heterocycles. The summed E-state index contributed by atoms with van der Waals surface area (Å²) < 4.78 is 35.0. The number of ether oxygens (including phenoxy) is 2. The van der Waals surface area contributed by atoms with E-state index in [4.69, 9.17) is 18.5 Å². The SMILES string of the molecule is CC/C=C\C/C=C\C/C=C\C/C=C\CCCCCCCCCCC(=O)OC(COCCCCCC/C=C\C/C=C\C/C=C\CC)COP(=O)(O)OCC[N+](C)(C)C. The lowest BCUT2D eigenvalue weighted by Gasteiger charge is -2.24. The van der Waals surface area contributed by atoms with Crippen molar-refractivity contribution in [3.63, 3.8) is 0 Å². The maximum absolute atomic E-state index is 12.7. The summed E-state index contributed by atoms with van der Waals surface area (Å²) >= 11 is 0. The summed E-state index contributed by atoms with van der Waals surface area (Å²) in [5, 5.41) is 0. The molecule has 0 heterocycles. The van der Waals surface area contributed by atoms with Gasteiger partial charge in [-0.25, -0.2) is 4.57 Å². The normalized spacial score (nSPS) is 14.6. The van der Waals surface area contributed by atoms with E-state index in [-0.39, 0.29) is 25.8 Å². The van der Waals surface area contributed by atoms with E-state index in [0.29, 0.717) is 24.1 Å². The molecule has 0 saturated heterocycles. The van der Waals surface area contributed by atoms with Gasteiger partial charge in [-0.05, 0) is 83.5 Å². The fourth-order valence-corrected chi connectivity index (χ4v) is 6.30. The third-order valence-electron chi connectivity index (χ3n) is 8.95. The van der Waals surface area contributed by atoms with Crippen molar-refractivity contribution in [3.05, 3.63) is 85.1 Å². The van der Waals surface area contributed by atoms with Crippen LogP contribution in [-0.4, -0.2) is 75.6 Å². The Balaban J connectivity index is 4.27. The van der Waals surface area contributed by atoms with Crippen LogP contribution in [0.3, 0.4) is 0 Å². The highest BCUT2D eigenvalue weighted by Gasteiger charge is 2.26. The zero-order valence-electron chi connectivity index (χ0n) is 37.0. The fraction of sp³-hybridized carbons (Fsp3) is 0.688. The first-order valence-electron chi connectivity index (χ1n) is 22.3. The fourth-order valence-electron chi connectivity index (χ4n) is 5.56. The molecule has 2 unspecified atom stereocenters. The first kappa shape index (κ1) is 54.7. The largest absolute Gasteiger partial charge is 0.472 e. The number of rotatable bonds is 40. The Labute approximate surface area is 350 Å². The van der Waals surface area contributed by atoms with Gasteiger partial charge in [0.15, 0.2) is 0 Å². The van der Waals surface area contributed by atoms with Crippen molar-refractivity contribution in [2.24, 2.45) is 0 Å². The summed E-state index contributed by atoms with van der Waals surface area (Å²) in [5.74, 6) is -0.335. The molecule has 1 N–H and O–H groups in total. The Morgan fingerprint density at radius 1 is 0.544 bits per heavy atom. The van der Waals surface area contributed by atoms with E-state index in [1.165, 1.54) is 32.1 Å². The zero-order valence-corrected chi connectivity index (χ0v) is 37.9. The number of carbonyl (C=O) groups excluding carboxylic acids is 1. The molecule has 0 aromatic heterocycles. The van der Waals surface area contributed by atoms with Crippen LogP contribution in [0.15, 0.2) is 85.1 Å². The maximum atomic E-state index is 12.7. The molecule has 8 nitrogen and oxygen atoms in total. The number of hydrogen-bond acceptors (Lipinski definition) is 6. The summed E-state index contributed by atoms with van der Waals surface area (Å²) in [7, 11) is 1.63. The molecule has 0 aliphatic carbocycles. The van der Waals surface area contributed by atoms with Gasteiger partial charge in [0, 0.05) is 13.0 Å². The first-order chi connectivity index (χ1) is 27.6. The molecule has 9 heteroatoms. The van der Waals surface area contributed by atoms with Crippen molar-refractivity contribution in [3.8, 4) is 0 Å².